The Hall–Kier alpha value is -2.97. The third kappa shape index (κ3) is 3.88. The molecule has 2 heterocycles. The van der Waals surface area contributed by atoms with Crippen molar-refractivity contribution in [3.8, 4) is 17.5 Å². The number of benzene rings is 2. The van der Waals surface area contributed by atoms with E-state index < -0.39 is 0 Å². The van der Waals surface area contributed by atoms with Gasteiger partial charge in [-0.25, -0.2) is 4.98 Å². The first-order chi connectivity index (χ1) is 14.5. The lowest BCUT2D eigenvalue weighted by Gasteiger charge is -2.36. The summed E-state index contributed by atoms with van der Waals surface area (Å²) in [7, 11) is 0. The third-order valence-corrected chi connectivity index (χ3v) is 6.19. The molecule has 0 amide bonds. The number of piperidine rings is 1. The predicted octanol–water partition coefficient (Wildman–Crippen LogP) is 4.36. The fourth-order valence-electron chi connectivity index (χ4n) is 4.46. The molecule has 1 unspecified atom stereocenters. The summed E-state index contributed by atoms with van der Waals surface area (Å²) in [4.78, 5) is 21.0. The van der Waals surface area contributed by atoms with Crippen LogP contribution < -0.4 is 5.56 Å². The van der Waals surface area contributed by atoms with Crippen LogP contribution >= 0.6 is 0 Å². The van der Waals surface area contributed by atoms with E-state index in [2.05, 4.69) is 37.8 Å². The standard InChI is InChI=1S/C25H28N4O/c1-17(2)28-12-6-8-20(15-28)16-29-24(21-9-5-4-7-18(21)3)27-23-11-10-19(14-26)13-22(23)25(29)30/h4-5,7,9-11,13,17,20H,6,8,12,15-16H2,1-3H3. The molecule has 1 atom stereocenters. The molecular formula is C25H28N4O. The number of nitrogens with zero attached hydrogens (tertiary/aromatic N) is 4. The van der Waals surface area contributed by atoms with Crippen LogP contribution in [0.3, 0.4) is 0 Å². The van der Waals surface area contributed by atoms with E-state index in [1.54, 1.807) is 18.2 Å². The molecular weight excluding hydrogens is 372 g/mol. The fourth-order valence-corrected chi connectivity index (χ4v) is 4.46. The molecule has 1 saturated heterocycles. The van der Waals surface area contributed by atoms with Crippen molar-refractivity contribution in [3.05, 3.63) is 63.9 Å². The molecule has 2 aromatic carbocycles. The van der Waals surface area contributed by atoms with Crippen molar-refractivity contribution in [2.75, 3.05) is 13.1 Å². The quantitative estimate of drug-likeness (QED) is 0.653. The predicted molar refractivity (Wildman–Crippen MR) is 120 cm³/mol. The normalized spacial score (nSPS) is 17.4. The second-order valence-electron chi connectivity index (χ2n) is 8.61. The summed E-state index contributed by atoms with van der Waals surface area (Å²) < 4.78 is 1.85. The molecule has 0 saturated carbocycles. The van der Waals surface area contributed by atoms with E-state index in [1.165, 1.54) is 0 Å². The molecule has 0 bridgehead atoms. The van der Waals surface area contributed by atoms with Gasteiger partial charge in [-0.05, 0) is 69.8 Å². The number of rotatable bonds is 4. The highest BCUT2D eigenvalue weighted by Crippen LogP contribution is 2.26. The summed E-state index contributed by atoms with van der Waals surface area (Å²) in [5.74, 6) is 1.12. The van der Waals surface area contributed by atoms with Crippen molar-refractivity contribution >= 4 is 10.9 Å². The minimum atomic E-state index is -0.0583. The monoisotopic (exact) mass is 400 g/mol. The molecule has 0 radical (unpaired) electrons. The van der Waals surface area contributed by atoms with Gasteiger partial charge in [0.1, 0.15) is 5.82 Å². The van der Waals surface area contributed by atoms with E-state index in [0.29, 0.717) is 35.0 Å². The van der Waals surface area contributed by atoms with Gasteiger partial charge in [-0.15, -0.1) is 0 Å². The van der Waals surface area contributed by atoms with Crippen LogP contribution in [0.25, 0.3) is 22.3 Å². The van der Waals surface area contributed by atoms with Crippen molar-refractivity contribution in [2.24, 2.45) is 5.92 Å². The van der Waals surface area contributed by atoms with Crippen molar-refractivity contribution in [1.82, 2.24) is 14.5 Å². The Morgan fingerprint density at radius 3 is 2.77 bits per heavy atom. The summed E-state index contributed by atoms with van der Waals surface area (Å²) >= 11 is 0. The van der Waals surface area contributed by atoms with Crippen LogP contribution in [0.4, 0.5) is 0 Å². The average molecular weight is 401 g/mol. The first-order valence-electron chi connectivity index (χ1n) is 10.7. The van der Waals surface area contributed by atoms with Crippen LogP contribution in [0, 0.1) is 24.2 Å². The molecule has 5 heteroatoms. The molecule has 1 aromatic heterocycles. The Bertz CT molecular complexity index is 1170. The Morgan fingerprint density at radius 1 is 1.23 bits per heavy atom. The smallest absolute Gasteiger partial charge is 0.261 e. The molecule has 30 heavy (non-hydrogen) atoms. The molecule has 1 aliphatic rings. The minimum absolute atomic E-state index is 0.0583. The number of hydrogen-bond acceptors (Lipinski definition) is 4. The molecule has 0 spiro atoms. The molecule has 0 N–H and O–H groups in total. The van der Waals surface area contributed by atoms with Crippen LogP contribution in [-0.4, -0.2) is 33.6 Å². The summed E-state index contributed by atoms with van der Waals surface area (Å²) in [6.07, 6.45) is 2.26. The molecule has 0 aliphatic carbocycles. The number of hydrogen-bond donors (Lipinski definition) is 0. The number of nitriles is 1. The van der Waals surface area contributed by atoms with Gasteiger partial charge in [0.25, 0.3) is 5.56 Å². The lowest BCUT2D eigenvalue weighted by molar-refractivity contribution is 0.130. The SMILES string of the molecule is Cc1ccccc1-c1nc2ccc(C#N)cc2c(=O)n1CC1CCCN(C(C)C)C1. The number of fused-ring (bicyclic) bond motifs is 1. The highest BCUT2D eigenvalue weighted by molar-refractivity contribution is 5.81. The van der Waals surface area contributed by atoms with E-state index in [-0.39, 0.29) is 5.56 Å². The average Bonchev–Trinajstić information content (AvgIpc) is 2.76. The number of likely N-dealkylation sites (tertiary alicyclic amines) is 1. The van der Waals surface area contributed by atoms with Crippen LogP contribution in [-0.2, 0) is 6.54 Å². The van der Waals surface area contributed by atoms with Crippen LogP contribution in [0.1, 0.15) is 37.8 Å². The molecule has 1 fully saturated rings. The highest BCUT2D eigenvalue weighted by Gasteiger charge is 2.24. The topological polar surface area (TPSA) is 61.9 Å². The zero-order chi connectivity index (χ0) is 21.3. The van der Waals surface area contributed by atoms with E-state index in [0.717, 1.165) is 42.9 Å². The van der Waals surface area contributed by atoms with Gasteiger partial charge in [0.2, 0.25) is 0 Å². The lowest BCUT2D eigenvalue weighted by Crippen LogP contribution is -2.42. The highest BCUT2D eigenvalue weighted by atomic mass is 16.1. The Kier molecular flexibility index (Phi) is 5.69. The summed E-state index contributed by atoms with van der Waals surface area (Å²) in [5.41, 5.74) is 3.15. The van der Waals surface area contributed by atoms with Gasteiger partial charge < -0.3 is 4.90 Å². The number of aryl methyl sites for hydroxylation is 1. The first-order valence-corrected chi connectivity index (χ1v) is 10.7. The number of aromatic nitrogens is 2. The Labute approximate surface area is 177 Å². The van der Waals surface area contributed by atoms with Crippen LogP contribution in [0.5, 0.6) is 0 Å². The van der Waals surface area contributed by atoms with Gasteiger partial charge in [-0.2, -0.15) is 5.26 Å². The summed E-state index contributed by atoms with van der Waals surface area (Å²) in [6.45, 7) is 9.27. The van der Waals surface area contributed by atoms with Gasteiger partial charge in [0.05, 0.1) is 22.5 Å². The van der Waals surface area contributed by atoms with E-state index in [1.807, 2.05) is 22.8 Å². The third-order valence-electron chi connectivity index (χ3n) is 6.19. The van der Waals surface area contributed by atoms with E-state index >= 15 is 0 Å². The maximum Gasteiger partial charge on any atom is 0.261 e. The Balaban J connectivity index is 1.86. The lowest BCUT2D eigenvalue weighted by atomic mass is 9.96. The first kappa shape index (κ1) is 20.3. The van der Waals surface area contributed by atoms with Gasteiger partial charge in [-0.1, -0.05) is 24.3 Å². The van der Waals surface area contributed by atoms with Gasteiger partial charge in [-0.3, -0.25) is 9.36 Å². The second kappa shape index (κ2) is 8.41. The largest absolute Gasteiger partial charge is 0.301 e. The zero-order valence-electron chi connectivity index (χ0n) is 17.9. The van der Waals surface area contributed by atoms with Crippen LogP contribution in [0.15, 0.2) is 47.3 Å². The summed E-state index contributed by atoms with van der Waals surface area (Å²) in [5, 5.41) is 9.80. The molecule has 3 aromatic rings. The maximum atomic E-state index is 13.6. The maximum absolute atomic E-state index is 13.6. The zero-order valence-corrected chi connectivity index (χ0v) is 17.9. The van der Waals surface area contributed by atoms with E-state index in [9.17, 15) is 10.1 Å². The van der Waals surface area contributed by atoms with Crippen LogP contribution in [0.2, 0.25) is 0 Å². The fraction of sp³-hybridized carbons (Fsp3) is 0.400. The van der Waals surface area contributed by atoms with Crippen molar-refractivity contribution in [2.45, 2.75) is 46.2 Å². The van der Waals surface area contributed by atoms with Crippen molar-refractivity contribution in [1.29, 1.82) is 5.26 Å². The second-order valence-corrected chi connectivity index (χ2v) is 8.61. The molecule has 5 nitrogen and oxygen atoms in total. The minimum Gasteiger partial charge on any atom is -0.301 e. The molecule has 1 aliphatic heterocycles. The van der Waals surface area contributed by atoms with Crippen molar-refractivity contribution in [3.63, 3.8) is 0 Å². The molecule has 154 valence electrons. The van der Waals surface area contributed by atoms with Gasteiger partial charge in [0.15, 0.2) is 0 Å². The van der Waals surface area contributed by atoms with Crippen molar-refractivity contribution < 1.29 is 0 Å². The Morgan fingerprint density at radius 2 is 2.03 bits per heavy atom. The van der Waals surface area contributed by atoms with Gasteiger partial charge in [0, 0.05) is 24.7 Å². The summed E-state index contributed by atoms with van der Waals surface area (Å²) in [6, 6.07) is 15.9. The molecule has 4 rings (SSSR count). The van der Waals surface area contributed by atoms with E-state index in [4.69, 9.17) is 4.98 Å². The van der Waals surface area contributed by atoms with Gasteiger partial charge >= 0.3 is 0 Å².